The van der Waals surface area contributed by atoms with Crippen molar-refractivity contribution in [1.82, 2.24) is 19.7 Å². The Balaban J connectivity index is 1.41. The fourth-order valence-electron chi connectivity index (χ4n) is 3.18. The third-order valence-corrected chi connectivity index (χ3v) is 4.48. The Morgan fingerprint density at radius 3 is 2.85 bits per heavy atom. The van der Waals surface area contributed by atoms with E-state index in [4.69, 9.17) is 4.74 Å². The monoisotopic (exact) mass is 368 g/mol. The minimum atomic E-state index is -0.303. The summed E-state index contributed by atoms with van der Waals surface area (Å²) in [5.74, 6) is 1.16. The number of anilines is 2. The minimum absolute atomic E-state index is 0.236. The summed E-state index contributed by atoms with van der Waals surface area (Å²) in [6.07, 6.45) is 7.68. The highest BCUT2D eigenvalue weighted by Crippen LogP contribution is 2.23. The summed E-state index contributed by atoms with van der Waals surface area (Å²) in [5, 5.41) is 7.64. The number of halogens is 1. The summed E-state index contributed by atoms with van der Waals surface area (Å²) in [4.78, 5) is 11.0. The van der Waals surface area contributed by atoms with Gasteiger partial charge in [0.05, 0.1) is 11.9 Å². The average Bonchev–Trinajstić information content (AvgIpc) is 3.11. The molecule has 1 aliphatic heterocycles. The van der Waals surface area contributed by atoms with Crippen molar-refractivity contribution in [2.45, 2.75) is 18.9 Å². The molecule has 7 nitrogen and oxygen atoms in total. The van der Waals surface area contributed by atoms with E-state index in [2.05, 4.69) is 25.3 Å². The second-order valence-corrected chi connectivity index (χ2v) is 6.58. The zero-order valence-corrected chi connectivity index (χ0v) is 15.0. The van der Waals surface area contributed by atoms with Gasteiger partial charge in [-0.3, -0.25) is 4.68 Å². The molecular weight excluding hydrogens is 347 g/mol. The summed E-state index contributed by atoms with van der Waals surface area (Å²) in [7, 11) is 1.92. The minimum Gasteiger partial charge on any atom is -0.439 e. The third kappa shape index (κ3) is 4.33. The number of piperidine rings is 1. The molecule has 8 heteroatoms. The lowest BCUT2D eigenvalue weighted by Crippen LogP contribution is -2.42. The lowest BCUT2D eigenvalue weighted by Gasteiger charge is -2.33. The summed E-state index contributed by atoms with van der Waals surface area (Å²) in [6.45, 7) is 1.87. The summed E-state index contributed by atoms with van der Waals surface area (Å²) < 4.78 is 20.5. The second kappa shape index (κ2) is 7.61. The molecule has 1 N–H and O–H groups in total. The lowest BCUT2D eigenvalue weighted by atomic mass is 10.1. The van der Waals surface area contributed by atoms with Crippen molar-refractivity contribution in [3.8, 4) is 11.6 Å². The fourth-order valence-corrected chi connectivity index (χ4v) is 3.18. The van der Waals surface area contributed by atoms with Crippen LogP contribution in [0, 0.1) is 5.82 Å². The molecule has 1 unspecified atom stereocenters. The molecule has 4 rings (SSSR count). The van der Waals surface area contributed by atoms with Gasteiger partial charge in [-0.2, -0.15) is 10.1 Å². The highest BCUT2D eigenvalue weighted by atomic mass is 19.1. The Hall–Kier alpha value is -3.16. The number of ether oxygens (including phenoxy) is 1. The van der Waals surface area contributed by atoms with Crippen molar-refractivity contribution in [2.75, 3.05) is 23.3 Å². The number of aromatic nitrogens is 4. The van der Waals surface area contributed by atoms with Gasteiger partial charge in [-0.05, 0) is 37.1 Å². The van der Waals surface area contributed by atoms with Gasteiger partial charge in [0, 0.05) is 44.6 Å². The molecular formula is C19H21FN6O. The van der Waals surface area contributed by atoms with Gasteiger partial charge in [0.25, 0.3) is 0 Å². The van der Waals surface area contributed by atoms with Crippen LogP contribution < -0.4 is 15.0 Å². The van der Waals surface area contributed by atoms with E-state index in [-0.39, 0.29) is 11.9 Å². The van der Waals surface area contributed by atoms with Crippen LogP contribution in [0.25, 0.3) is 0 Å². The normalized spacial score (nSPS) is 17.0. The van der Waals surface area contributed by atoms with Gasteiger partial charge < -0.3 is 15.0 Å². The Labute approximate surface area is 156 Å². The van der Waals surface area contributed by atoms with E-state index >= 15 is 0 Å². The van der Waals surface area contributed by atoms with E-state index < -0.39 is 0 Å². The molecule has 0 radical (unpaired) electrons. The summed E-state index contributed by atoms with van der Waals surface area (Å²) in [5.41, 5.74) is 1.12. The van der Waals surface area contributed by atoms with Crippen LogP contribution >= 0.6 is 0 Å². The third-order valence-electron chi connectivity index (χ3n) is 4.48. The van der Waals surface area contributed by atoms with Crippen molar-refractivity contribution < 1.29 is 9.13 Å². The number of aryl methyl sites for hydroxylation is 1. The van der Waals surface area contributed by atoms with Crippen LogP contribution in [0.2, 0.25) is 0 Å². The molecule has 27 heavy (non-hydrogen) atoms. The van der Waals surface area contributed by atoms with Crippen molar-refractivity contribution in [3.05, 3.63) is 54.7 Å². The molecule has 1 aliphatic rings. The average molecular weight is 368 g/mol. The van der Waals surface area contributed by atoms with Crippen LogP contribution in [-0.2, 0) is 7.05 Å². The smallest absolute Gasteiger partial charge is 0.226 e. The fraction of sp³-hybridized carbons (Fsp3) is 0.316. The predicted molar refractivity (Wildman–Crippen MR) is 101 cm³/mol. The van der Waals surface area contributed by atoms with E-state index in [0.29, 0.717) is 17.6 Å². The molecule has 2 aromatic heterocycles. The maximum absolute atomic E-state index is 13.0. The zero-order chi connectivity index (χ0) is 18.6. The SMILES string of the molecule is Cn1cc(N2CCCC(Nc3nccc(Oc4ccc(F)cc4)n3)C2)cn1. The van der Waals surface area contributed by atoms with E-state index in [1.54, 1.807) is 24.4 Å². The van der Waals surface area contributed by atoms with Gasteiger partial charge in [0.15, 0.2) is 0 Å². The van der Waals surface area contributed by atoms with Crippen LogP contribution in [0.5, 0.6) is 11.6 Å². The van der Waals surface area contributed by atoms with Gasteiger partial charge in [-0.1, -0.05) is 0 Å². The lowest BCUT2D eigenvalue weighted by molar-refractivity contribution is 0.459. The van der Waals surface area contributed by atoms with E-state index in [1.165, 1.54) is 12.1 Å². The second-order valence-electron chi connectivity index (χ2n) is 6.58. The molecule has 140 valence electrons. The molecule has 3 aromatic rings. The maximum atomic E-state index is 13.0. The first-order valence-electron chi connectivity index (χ1n) is 8.92. The Kier molecular flexibility index (Phi) is 4.86. The molecule has 0 bridgehead atoms. The molecule has 3 heterocycles. The first-order chi connectivity index (χ1) is 13.2. The van der Waals surface area contributed by atoms with Crippen LogP contribution in [0.15, 0.2) is 48.9 Å². The van der Waals surface area contributed by atoms with Crippen molar-refractivity contribution in [3.63, 3.8) is 0 Å². The number of hydrogen-bond acceptors (Lipinski definition) is 6. The molecule has 1 fully saturated rings. The van der Waals surface area contributed by atoms with Crippen LogP contribution in [0.1, 0.15) is 12.8 Å². The molecule has 1 saturated heterocycles. The first kappa shape index (κ1) is 17.3. The number of benzene rings is 1. The summed E-state index contributed by atoms with van der Waals surface area (Å²) in [6, 6.07) is 7.75. The summed E-state index contributed by atoms with van der Waals surface area (Å²) >= 11 is 0. The van der Waals surface area contributed by atoms with Gasteiger partial charge in [0.2, 0.25) is 11.8 Å². The topological polar surface area (TPSA) is 68.1 Å². The standard InChI is InChI=1S/C19H21FN6O/c1-25-13-16(11-22-25)26-10-2-3-15(12-26)23-19-21-9-8-18(24-19)27-17-6-4-14(20)5-7-17/h4-9,11,13,15H,2-3,10,12H2,1H3,(H,21,23,24). The van der Waals surface area contributed by atoms with E-state index in [9.17, 15) is 4.39 Å². The van der Waals surface area contributed by atoms with E-state index in [1.807, 2.05) is 24.1 Å². The van der Waals surface area contributed by atoms with E-state index in [0.717, 1.165) is 31.6 Å². The first-order valence-corrected chi connectivity index (χ1v) is 8.92. The van der Waals surface area contributed by atoms with Gasteiger partial charge >= 0.3 is 0 Å². The highest BCUT2D eigenvalue weighted by molar-refractivity contribution is 5.44. The number of nitrogens with one attached hydrogen (secondary N) is 1. The van der Waals surface area contributed by atoms with Crippen molar-refractivity contribution in [1.29, 1.82) is 0 Å². The molecule has 1 atom stereocenters. The van der Waals surface area contributed by atoms with Crippen LogP contribution in [0.3, 0.4) is 0 Å². The Morgan fingerprint density at radius 1 is 1.22 bits per heavy atom. The predicted octanol–water partition coefficient (Wildman–Crippen LogP) is 3.22. The zero-order valence-electron chi connectivity index (χ0n) is 15.0. The molecule has 0 amide bonds. The number of rotatable bonds is 5. The molecule has 0 saturated carbocycles. The highest BCUT2D eigenvalue weighted by Gasteiger charge is 2.21. The Bertz CT molecular complexity index is 897. The van der Waals surface area contributed by atoms with Gasteiger partial charge in [0.1, 0.15) is 11.6 Å². The molecule has 0 spiro atoms. The quantitative estimate of drug-likeness (QED) is 0.746. The number of hydrogen-bond donors (Lipinski definition) is 1. The van der Waals surface area contributed by atoms with Crippen LogP contribution in [-0.4, -0.2) is 38.9 Å². The largest absolute Gasteiger partial charge is 0.439 e. The van der Waals surface area contributed by atoms with Crippen LogP contribution in [0.4, 0.5) is 16.0 Å². The van der Waals surface area contributed by atoms with Gasteiger partial charge in [-0.15, -0.1) is 0 Å². The van der Waals surface area contributed by atoms with Gasteiger partial charge in [-0.25, -0.2) is 9.37 Å². The Morgan fingerprint density at radius 2 is 2.07 bits per heavy atom. The van der Waals surface area contributed by atoms with Crippen molar-refractivity contribution >= 4 is 11.6 Å². The molecule has 0 aliphatic carbocycles. The molecule has 1 aromatic carbocycles. The number of nitrogens with zero attached hydrogens (tertiary/aromatic N) is 5. The maximum Gasteiger partial charge on any atom is 0.226 e. The van der Waals surface area contributed by atoms with Crippen molar-refractivity contribution in [2.24, 2.45) is 7.05 Å².